The third-order valence-electron chi connectivity index (χ3n) is 5.34. The highest BCUT2D eigenvalue weighted by atomic mass is 16.5. The summed E-state index contributed by atoms with van der Waals surface area (Å²) in [7, 11) is 0. The number of aromatic hydroxyl groups is 2. The number of carbonyl (C=O) groups excluding carboxylic acids is 1. The van der Waals surface area contributed by atoms with Gasteiger partial charge in [-0.05, 0) is 50.3 Å². The fourth-order valence-corrected chi connectivity index (χ4v) is 3.94. The Balaban J connectivity index is 1.96. The van der Waals surface area contributed by atoms with Gasteiger partial charge in [0.25, 0.3) is 0 Å². The summed E-state index contributed by atoms with van der Waals surface area (Å²) in [6, 6.07) is 4.48. The number of rotatable bonds is 2. The van der Waals surface area contributed by atoms with E-state index in [-0.39, 0.29) is 29.2 Å². The molecule has 0 atom stereocenters. The minimum absolute atomic E-state index is 0.0309. The first-order valence-electron chi connectivity index (χ1n) is 8.45. The van der Waals surface area contributed by atoms with E-state index in [4.69, 9.17) is 4.74 Å². The Morgan fingerprint density at radius 3 is 2.60 bits per heavy atom. The van der Waals surface area contributed by atoms with Gasteiger partial charge in [-0.2, -0.15) is 0 Å². The smallest absolute Gasteiger partial charge is 0.343 e. The average molecular weight is 341 g/mol. The van der Waals surface area contributed by atoms with Gasteiger partial charge in [0.05, 0.1) is 12.3 Å². The highest BCUT2D eigenvalue weighted by molar-refractivity contribution is 5.89. The molecule has 25 heavy (non-hydrogen) atoms. The van der Waals surface area contributed by atoms with Crippen molar-refractivity contribution >= 4 is 5.97 Å². The maximum atomic E-state index is 12.5. The normalized spacial score (nSPS) is 16.7. The number of hydrogen-bond acceptors (Lipinski definition) is 5. The molecule has 0 unspecified atom stereocenters. The summed E-state index contributed by atoms with van der Waals surface area (Å²) in [5, 5.41) is 19.7. The van der Waals surface area contributed by atoms with Gasteiger partial charge in [0.2, 0.25) is 0 Å². The van der Waals surface area contributed by atoms with Gasteiger partial charge in [-0.1, -0.05) is 0 Å². The number of carbonyl (C=O) groups is 1. The SMILES string of the molecule is CCOC(=O)c1cn2c(cc1=O)-c1cc(O)c(O)cc1CC21CCC1. The molecule has 6 heteroatoms. The Bertz CT molecular complexity index is 940. The van der Waals surface area contributed by atoms with Crippen LogP contribution in [0.5, 0.6) is 11.5 Å². The summed E-state index contributed by atoms with van der Waals surface area (Å²) < 4.78 is 6.99. The zero-order chi connectivity index (χ0) is 17.8. The average Bonchev–Trinajstić information content (AvgIpc) is 2.54. The van der Waals surface area contributed by atoms with Gasteiger partial charge in [-0.3, -0.25) is 4.79 Å². The highest BCUT2D eigenvalue weighted by Gasteiger charge is 2.43. The summed E-state index contributed by atoms with van der Waals surface area (Å²) in [5.41, 5.74) is 1.71. The molecule has 0 saturated heterocycles. The zero-order valence-corrected chi connectivity index (χ0v) is 13.9. The second-order valence-corrected chi connectivity index (χ2v) is 6.78. The third-order valence-corrected chi connectivity index (χ3v) is 5.34. The summed E-state index contributed by atoms with van der Waals surface area (Å²) in [5.74, 6) is -0.999. The molecule has 1 aromatic heterocycles. The summed E-state index contributed by atoms with van der Waals surface area (Å²) in [6.07, 6.45) is 5.23. The van der Waals surface area contributed by atoms with Crippen LogP contribution in [-0.2, 0) is 16.7 Å². The number of ether oxygens (including phenoxy) is 1. The van der Waals surface area contributed by atoms with Crippen molar-refractivity contribution in [1.82, 2.24) is 4.57 Å². The number of benzene rings is 1. The first kappa shape index (κ1) is 15.7. The van der Waals surface area contributed by atoms with Crippen LogP contribution in [0.2, 0.25) is 0 Å². The lowest BCUT2D eigenvalue weighted by Crippen LogP contribution is -2.46. The number of phenols is 2. The number of nitrogens with zero attached hydrogens (tertiary/aromatic N) is 1. The molecule has 1 aliphatic carbocycles. The lowest BCUT2D eigenvalue weighted by molar-refractivity contribution is 0.0521. The molecule has 1 aliphatic heterocycles. The number of fused-ring (bicyclic) bond motifs is 4. The van der Waals surface area contributed by atoms with E-state index in [0.717, 1.165) is 24.8 Å². The molecule has 2 aliphatic rings. The molecule has 6 nitrogen and oxygen atoms in total. The minimum Gasteiger partial charge on any atom is -0.504 e. The Morgan fingerprint density at radius 2 is 1.96 bits per heavy atom. The lowest BCUT2D eigenvalue weighted by atomic mass is 9.69. The maximum Gasteiger partial charge on any atom is 0.343 e. The molecule has 2 heterocycles. The molecule has 1 spiro atoms. The molecule has 0 radical (unpaired) electrons. The molecule has 0 bridgehead atoms. The first-order chi connectivity index (χ1) is 11.9. The van der Waals surface area contributed by atoms with Crippen molar-refractivity contribution in [2.45, 2.75) is 38.1 Å². The molecule has 2 aromatic rings. The second kappa shape index (κ2) is 5.37. The van der Waals surface area contributed by atoms with E-state index in [1.54, 1.807) is 19.2 Å². The van der Waals surface area contributed by atoms with Crippen molar-refractivity contribution < 1.29 is 19.7 Å². The predicted molar refractivity (Wildman–Crippen MR) is 91.0 cm³/mol. The van der Waals surface area contributed by atoms with E-state index in [1.165, 1.54) is 12.1 Å². The van der Waals surface area contributed by atoms with Crippen LogP contribution >= 0.6 is 0 Å². The lowest BCUT2D eigenvalue weighted by Gasteiger charge is -2.48. The number of phenolic OH excluding ortho intramolecular Hbond substituents is 2. The Morgan fingerprint density at radius 1 is 1.24 bits per heavy atom. The van der Waals surface area contributed by atoms with E-state index in [0.29, 0.717) is 17.7 Å². The van der Waals surface area contributed by atoms with Gasteiger partial charge in [0, 0.05) is 23.4 Å². The fourth-order valence-electron chi connectivity index (χ4n) is 3.94. The van der Waals surface area contributed by atoms with Crippen LogP contribution in [0, 0.1) is 0 Å². The van der Waals surface area contributed by atoms with Gasteiger partial charge >= 0.3 is 5.97 Å². The summed E-state index contributed by atoms with van der Waals surface area (Å²) in [4.78, 5) is 24.6. The molecule has 130 valence electrons. The molecular weight excluding hydrogens is 322 g/mol. The van der Waals surface area contributed by atoms with Crippen molar-refractivity contribution in [3.63, 3.8) is 0 Å². The van der Waals surface area contributed by atoms with E-state index >= 15 is 0 Å². The predicted octanol–water partition coefficient (Wildman–Crippen LogP) is 2.54. The van der Waals surface area contributed by atoms with Crippen LogP contribution in [0.1, 0.15) is 42.1 Å². The maximum absolute atomic E-state index is 12.5. The van der Waals surface area contributed by atoms with E-state index in [2.05, 4.69) is 0 Å². The summed E-state index contributed by atoms with van der Waals surface area (Å²) in [6.45, 7) is 1.91. The van der Waals surface area contributed by atoms with E-state index in [1.807, 2.05) is 4.57 Å². The van der Waals surface area contributed by atoms with Crippen LogP contribution in [0.15, 0.2) is 29.2 Å². The molecule has 2 N–H and O–H groups in total. The quantitative estimate of drug-likeness (QED) is 0.647. The molecular formula is C19H19NO5. The largest absolute Gasteiger partial charge is 0.504 e. The van der Waals surface area contributed by atoms with Crippen molar-refractivity contribution in [2.24, 2.45) is 0 Å². The minimum atomic E-state index is -0.614. The topological polar surface area (TPSA) is 88.8 Å². The Kier molecular flexibility index (Phi) is 3.39. The third kappa shape index (κ3) is 2.24. The number of hydrogen-bond donors (Lipinski definition) is 2. The van der Waals surface area contributed by atoms with Gasteiger partial charge in [0.1, 0.15) is 5.56 Å². The molecule has 1 aromatic carbocycles. The number of aromatic nitrogens is 1. The molecule has 0 amide bonds. The molecule has 1 saturated carbocycles. The Hall–Kier alpha value is -2.76. The highest BCUT2D eigenvalue weighted by Crippen LogP contribution is 2.50. The van der Waals surface area contributed by atoms with Crippen molar-refractivity contribution in [1.29, 1.82) is 0 Å². The van der Waals surface area contributed by atoms with Gasteiger partial charge in [-0.15, -0.1) is 0 Å². The van der Waals surface area contributed by atoms with Crippen molar-refractivity contribution in [3.8, 4) is 22.8 Å². The van der Waals surface area contributed by atoms with E-state index in [9.17, 15) is 19.8 Å². The van der Waals surface area contributed by atoms with Crippen LogP contribution in [0.3, 0.4) is 0 Å². The zero-order valence-electron chi connectivity index (χ0n) is 13.9. The fraction of sp³-hybridized carbons (Fsp3) is 0.368. The standard InChI is InChI=1S/C19H19NO5/c1-2-25-18(24)13-10-20-14(8-15(13)21)12-7-17(23)16(22)6-11(12)9-19(20)4-3-5-19/h6-8,10,22-23H,2-5,9H2,1H3. The van der Waals surface area contributed by atoms with Crippen LogP contribution < -0.4 is 5.43 Å². The van der Waals surface area contributed by atoms with Crippen LogP contribution in [0.4, 0.5) is 0 Å². The summed E-state index contributed by atoms with van der Waals surface area (Å²) >= 11 is 0. The van der Waals surface area contributed by atoms with Crippen molar-refractivity contribution in [2.75, 3.05) is 6.61 Å². The Labute approximate surface area is 144 Å². The number of pyridine rings is 1. The van der Waals surface area contributed by atoms with Crippen LogP contribution in [-0.4, -0.2) is 27.4 Å². The van der Waals surface area contributed by atoms with Gasteiger partial charge in [0.15, 0.2) is 16.9 Å². The van der Waals surface area contributed by atoms with E-state index < -0.39 is 11.4 Å². The first-order valence-corrected chi connectivity index (χ1v) is 8.45. The van der Waals surface area contributed by atoms with Crippen molar-refractivity contribution in [3.05, 3.63) is 45.7 Å². The van der Waals surface area contributed by atoms with Crippen LogP contribution in [0.25, 0.3) is 11.3 Å². The molecule has 1 fully saturated rings. The monoisotopic (exact) mass is 341 g/mol. The van der Waals surface area contributed by atoms with Gasteiger partial charge in [-0.25, -0.2) is 4.79 Å². The van der Waals surface area contributed by atoms with Gasteiger partial charge < -0.3 is 19.5 Å². The molecule has 4 rings (SSSR count). The second-order valence-electron chi connectivity index (χ2n) is 6.78. The number of esters is 1.